The van der Waals surface area contributed by atoms with Crippen molar-refractivity contribution in [3.63, 3.8) is 0 Å². The zero-order chi connectivity index (χ0) is 23.8. The Morgan fingerprint density at radius 1 is 1.15 bits per heavy atom. The summed E-state index contributed by atoms with van der Waals surface area (Å²) >= 11 is 7.43. The van der Waals surface area contributed by atoms with E-state index in [1.807, 2.05) is 34.5 Å². The number of thiazole rings is 1. The number of aromatic nitrogens is 1. The van der Waals surface area contributed by atoms with Gasteiger partial charge < -0.3 is 9.64 Å². The van der Waals surface area contributed by atoms with Gasteiger partial charge in [0, 0.05) is 24.0 Å². The normalized spacial score (nSPS) is 15.6. The molecule has 0 atom stereocenters. The first-order valence-corrected chi connectivity index (χ1v) is 12.9. The smallest absolute Gasteiger partial charge is 0.416 e. The van der Waals surface area contributed by atoms with Gasteiger partial charge in [0.25, 0.3) is 0 Å². The lowest BCUT2D eigenvalue weighted by atomic mass is 10.1. The van der Waals surface area contributed by atoms with Gasteiger partial charge in [0.15, 0.2) is 15.0 Å². The fourth-order valence-electron chi connectivity index (χ4n) is 3.82. The van der Waals surface area contributed by atoms with Gasteiger partial charge in [-0.1, -0.05) is 23.7 Å². The number of halogens is 4. The molecule has 5 nitrogen and oxygen atoms in total. The van der Waals surface area contributed by atoms with Crippen molar-refractivity contribution in [2.75, 3.05) is 25.1 Å². The van der Waals surface area contributed by atoms with E-state index < -0.39 is 31.7 Å². The Hall–Kier alpha value is -2.30. The summed E-state index contributed by atoms with van der Waals surface area (Å²) in [6.07, 6.45) is -4.13. The number of anilines is 1. The number of methoxy groups -OCH3 is 1. The van der Waals surface area contributed by atoms with Gasteiger partial charge in [0.2, 0.25) is 0 Å². The van der Waals surface area contributed by atoms with Crippen LogP contribution >= 0.6 is 22.9 Å². The van der Waals surface area contributed by atoms with Crippen molar-refractivity contribution in [2.45, 2.75) is 29.2 Å². The van der Waals surface area contributed by atoms with Crippen LogP contribution in [0.3, 0.4) is 0 Å². The molecule has 0 saturated carbocycles. The zero-order valence-corrected chi connectivity index (χ0v) is 19.9. The average Bonchev–Trinajstić information content (AvgIpc) is 3.28. The van der Waals surface area contributed by atoms with Crippen LogP contribution in [-0.2, 0) is 16.0 Å². The Labute approximate surface area is 198 Å². The number of rotatable bonds is 5. The van der Waals surface area contributed by atoms with Crippen LogP contribution in [0, 0.1) is 0 Å². The predicted molar refractivity (Wildman–Crippen MR) is 123 cm³/mol. The van der Waals surface area contributed by atoms with Crippen LogP contribution in [0.2, 0.25) is 5.02 Å². The Balaban J connectivity index is 1.50. The summed E-state index contributed by atoms with van der Waals surface area (Å²) in [4.78, 5) is 6.20. The summed E-state index contributed by atoms with van der Waals surface area (Å²) in [6.45, 7) is 0.832. The highest BCUT2D eigenvalue weighted by Crippen LogP contribution is 2.38. The zero-order valence-electron chi connectivity index (χ0n) is 17.5. The molecular weight excluding hydrogens is 497 g/mol. The number of piperidine rings is 1. The summed E-state index contributed by atoms with van der Waals surface area (Å²) in [5.41, 5.74) is 0.590. The SMILES string of the molecule is COc1ccccc1-c1csc(N2CCC(S(=O)(=O)c3cc(C(F)(F)F)ccc3Cl)CC2)n1. The monoisotopic (exact) mass is 516 g/mol. The molecule has 0 bridgehead atoms. The number of hydrogen-bond donors (Lipinski definition) is 0. The summed E-state index contributed by atoms with van der Waals surface area (Å²) in [5, 5.41) is 1.65. The summed E-state index contributed by atoms with van der Waals surface area (Å²) in [6, 6.07) is 9.93. The number of benzene rings is 2. The molecule has 1 aliphatic heterocycles. The first-order valence-electron chi connectivity index (χ1n) is 10.1. The Morgan fingerprint density at radius 3 is 2.52 bits per heavy atom. The van der Waals surface area contributed by atoms with Crippen LogP contribution in [0.1, 0.15) is 18.4 Å². The van der Waals surface area contributed by atoms with Gasteiger partial charge in [-0.05, 0) is 43.2 Å². The number of nitrogens with zero attached hydrogens (tertiary/aromatic N) is 2. The van der Waals surface area contributed by atoms with Gasteiger partial charge >= 0.3 is 6.18 Å². The molecule has 1 aromatic heterocycles. The van der Waals surface area contributed by atoms with Crippen LogP contribution in [0.4, 0.5) is 18.3 Å². The first-order chi connectivity index (χ1) is 15.6. The maximum atomic E-state index is 13.1. The van der Waals surface area contributed by atoms with Crippen molar-refractivity contribution in [1.29, 1.82) is 0 Å². The third-order valence-corrected chi connectivity index (χ3v) is 9.23. The lowest BCUT2D eigenvalue weighted by molar-refractivity contribution is -0.137. The fraction of sp³-hybridized carbons (Fsp3) is 0.318. The highest BCUT2D eigenvalue weighted by molar-refractivity contribution is 7.92. The van der Waals surface area contributed by atoms with Crippen LogP contribution in [0.25, 0.3) is 11.3 Å². The molecule has 1 saturated heterocycles. The minimum atomic E-state index is -4.65. The maximum Gasteiger partial charge on any atom is 0.416 e. The van der Waals surface area contributed by atoms with Crippen LogP contribution in [0.5, 0.6) is 5.75 Å². The van der Waals surface area contributed by atoms with Crippen molar-refractivity contribution in [1.82, 2.24) is 4.98 Å². The van der Waals surface area contributed by atoms with Gasteiger partial charge in [-0.25, -0.2) is 13.4 Å². The second-order valence-corrected chi connectivity index (χ2v) is 11.0. The number of hydrogen-bond acceptors (Lipinski definition) is 6. The van der Waals surface area contributed by atoms with E-state index in [4.69, 9.17) is 16.3 Å². The van der Waals surface area contributed by atoms with Crippen molar-refractivity contribution < 1.29 is 26.3 Å². The largest absolute Gasteiger partial charge is 0.496 e. The lowest BCUT2D eigenvalue weighted by Crippen LogP contribution is -2.39. The van der Waals surface area contributed by atoms with E-state index >= 15 is 0 Å². The number of sulfone groups is 1. The lowest BCUT2D eigenvalue weighted by Gasteiger charge is -2.31. The number of para-hydroxylation sites is 1. The molecule has 0 amide bonds. The summed E-state index contributed by atoms with van der Waals surface area (Å²) < 4.78 is 70.8. The second-order valence-electron chi connectivity index (χ2n) is 7.59. The molecular formula is C22H20ClF3N2O3S2. The van der Waals surface area contributed by atoms with Crippen molar-refractivity contribution >= 4 is 37.9 Å². The van der Waals surface area contributed by atoms with E-state index in [0.29, 0.717) is 24.9 Å². The molecule has 0 aliphatic carbocycles. The quantitative estimate of drug-likeness (QED) is 0.420. The topological polar surface area (TPSA) is 59.5 Å². The Bertz CT molecular complexity index is 1250. The molecule has 2 aromatic carbocycles. The molecule has 11 heteroatoms. The van der Waals surface area contributed by atoms with Gasteiger partial charge in [0.1, 0.15) is 5.75 Å². The van der Waals surface area contributed by atoms with Crippen molar-refractivity contribution in [2.24, 2.45) is 0 Å². The molecule has 3 aromatic rings. The second kappa shape index (κ2) is 9.15. The third-order valence-electron chi connectivity index (χ3n) is 5.59. The molecule has 33 heavy (non-hydrogen) atoms. The Kier molecular flexibility index (Phi) is 6.61. The molecule has 0 unspecified atom stereocenters. The number of ether oxygens (including phenoxy) is 1. The van der Waals surface area contributed by atoms with Crippen molar-refractivity contribution in [3.8, 4) is 17.0 Å². The Morgan fingerprint density at radius 2 is 1.85 bits per heavy atom. The standard InChI is InChI=1S/C22H20ClF3N2O3S2/c1-31-19-5-3-2-4-16(19)18-13-32-21(27-18)28-10-8-15(9-11-28)33(29,30)20-12-14(22(24,25)26)6-7-17(20)23/h2-7,12-13,15H,8-11H2,1H3. The molecule has 4 rings (SSSR count). The van der Waals surface area contributed by atoms with Crippen LogP contribution in [-0.4, -0.2) is 38.9 Å². The first kappa shape index (κ1) is 23.8. The van der Waals surface area contributed by atoms with Crippen molar-refractivity contribution in [3.05, 3.63) is 58.4 Å². The van der Waals surface area contributed by atoms with E-state index in [0.717, 1.165) is 28.5 Å². The van der Waals surface area contributed by atoms with Gasteiger partial charge in [-0.15, -0.1) is 11.3 Å². The van der Waals surface area contributed by atoms with Gasteiger partial charge in [-0.3, -0.25) is 0 Å². The minimum Gasteiger partial charge on any atom is -0.496 e. The van der Waals surface area contributed by atoms with Crippen LogP contribution < -0.4 is 9.64 Å². The van der Waals surface area contributed by atoms with E-state index in [9.17, 15) is 21.6 Å². The molecule has 2 heterocycles. The molecule has 176 valence electrons. The van der Waals surface area contributed by atoms with Crippen LogP contribution in [0.15, 0.2) is 52.7 Å². The fourth-order valence-corrected chi connectivity index (χ4v) is 6.97. The highest BCUT2D eigenvalue weighted by Gasteiger charge is 2.37. The number of alkyl halides is 3. The molecule has 0 spiro atoms. The average molecular weight is 517 g/mol. The molecule has 0 N–H and O–H groups in total. The molecule has 0 radical (unpaired) electrons. The third kappa shape index (κ3) is 4.83. The molecule has 1 fully saturated rings. The maximum absolute atomic E-state index is 13.1. The molecule has 1 aliphatic rings. The van der Waals surface area contributed by atoms with E-state index in [1.165, 1.54) is 11.3 Å². The van der Waals surface area contributed by atoms with Gasteiger partial charge in [-0.2, -0.15) is 13.2 Å². The van der Waals surface area contributed by atoms with E-state index in [1.54, 1.807) is 7.11 Å². The summed E-state index contributed by atoms with van der Waals surface area (Å²) in [7, 11) is -2.43. The minimum absolute atomic E-state index is 0.202. The van der Waals surface area contributed by atoms with E-state index in [-0.39, 0.29) is 17.9 Å². The van der Waals surface area contributed by atoms with Gasteiger partial charge in [0.05, 0.1) is 33.5 Å². The van der Waals surface area contributed by atoms with E-state index in [2.05, 4.69) is 4.98 Å². The highest BCUT2D eigenvalue weighted by atomic mass is 35.5. The summed E-state index contributed by atoms with van der Waals surface area (Å²) in [5.74, 6) is 0.706. The predicted octanol–water partition coefficient (Wildman–Crippen LogP) is 5.93.